The van der Waals surface area contributed by atoms with Crippen molar-refractivity contribution < 1.29 is 19.1 Å². The van der Waals surface area contributed by atoms with Crippen LogP contribution in [0, 0.1) is 5.41 Å². The molecule has 2 atom stereocenters. The van der Waals surface area contributed by atoms with Gasteiger partial charge in [-0.25, -0.2) is 0 Å². The molecule has 1 saturated heterocycles. The molecule has 4 rings (SSSR count). The fourth-order valence-corrected chi connectivity index (χ4v) is 4.78. The van der Waals surface area contributed by atoms with Crippen molar-refractivity contribution in [2.75, 3.05) is 27.4 Å². The summed E-state index contributed by atoms with van der Waals surface area (Å²) in [5.74, 6) is 1.52. The Hall–Kier alpha value is -2.24. The molecule has 6 heteroatoms. The fraction of sp³-hybridized carbons (Fsp3) is 0.579. The van der Waals surface area contributed by atoms with E-state index in [0.29, 0.717) is 30.0 Å². The second-order valence-electron chi connectivity index (χ2n) is 7.50. The summed E-state index contributed by atoms with van der Waals surface area (Å²) in [7, 11) is 3.76. The van der Waals surface area contributed by atoms with Gasteiger partial charge in [0.1, 0.15) is 0 Å². The maximum absolute atomic E-state index is 12.9. The quantitative estimate of drug-likeness (QED) is 0.844. The highest BCUT2D eigenvalue weighted by molar-refractivity contribution is 5.94. The average molecular weight is 344 g/mol. The molecule has 0 N–H and O–H groups in total. The molecule has 3 aliphatic rings. The first-order chi connectivity index (χ1) is 12.0. The monoisotopic (exact) mass is 344 g/mol. The SMILES string of the molecule is CN(C[C@@]12CCC[C@H]1N(C)C(=O)CC2)C(=O)c1ccc2c(c1)OCO2. The molecule has 2 heterocycles. The molecular formula is C19H24N2O4. The number of hydrogen-bond acceptors (Lipinski definition) is 4. The molecular weight excluding hydrogens is 320 g/mol. The topological polar surface area (TPSA) is 59.1 Å². The lowest BCUT2D eigenvalue weighted by atomic mass is 9.74. The molecule has 0 unspecified atom stereocenters. The second-order valence-corrected chi connectivity index (χ2v) is 7.50. The molecule has 1 aromatic rings. The molecule has 1 aliphatic carbocycles. The second kappa shape index (κ2) is 5.93. The Morgan fingerprint density at radius 1 is 1.32 bits per heavy atom. The molecule has 0 spiro atoms. The number of nitrogens with zero attached hydrogens (tertiary/aromatic N) is 2. The highest BCUT2D eigenvalue weighted by Crippen LogP contribution is 2.48. The first-order valence-electron chi connectivity index (χ1n) is 8.91. The summed E-state index contributed by atoms with van der Waals surface area (Å²) < 4.78 is 10.7. The van der Waals surface area contributed by atoms with Gasteiger partial charge >= 0.3 is 0 Å². The van der Waals surface area contributed by atoms with Crippen molar-refractivity contribution in [1.29, 1.82) is 0 Å². The maximum Gasteiger partial charge on any atom is 0.253 e. The molecule has 2 aliphatic heterocycles. The third kappa shape index (κ3) is 2.64. The summed E-state index contributed by atoms with van der Waals surface area (Å²) in [6.07, 6.45) is 4.69. The van der Waals surface area contributed by atoms with Gasteiger partial charge in [0, 0.05) is 44.1 Å². The van der Waals surface area contributed by atoms with E-state index in [1.165, 1.54) is 0 Å². The Morgan fingerprint density at radius 2 is 2.12 bits per heavy atom. The number of fused-ring (bicyclic) bond motifs is 2. The van der Waals surface area contributed by atoms with Crippen LogP contribution < -0.4 is 9.47 Å². The van der Waals surface area contributed by atoms with Gasteiger partial charge in [0.05, 0.1) is 0 Å². The van der Waals surface area contributed by atoms with Crippen LogP contribution in [-0.2, 0) is 4.79 Å². The van der Waals surface area contributed by atoms with E-state index in [2.05, 4.69) is 0 Å². The van der Waals surface area contributed by atoms with Gasteiger partial charge in [-0.15, -0.1) is 0 Å². The molecule has 1 aromatic carbocycles. The predicted octanol–water partition coefficient (Wildman–Crippen LogP) is 2.28. The number of carbonyl (C=O) groups is 2. The lowest BCUT2D eigenvalue weighted by Crippen LogP contribution is -2.54. The predicted molar refractivity (Wildman–Crippen MR) is 91.6 cm³/mol. The normalized spacial score (nSPS) is 27.4. The molecule has 25 heavy (non-hydrogen) atoms. The number of likely N-dealkylation sites (tertiary alicyclic amines) is 1. The van der Waals surface area contributed by atoms with E-state index < -0.39 is 0 Å². The Morgan fingerprint density at radius 3 is 2.96 bits per heavy atom. The molecule has 2 fully saturated rings. The van der Waals surface area contributed by atoms with Crippen LogP contribution in [-0.4, -0.2) is 55.1 Å². The molecule has 0 radical (unpaired) electrons. The van der Waals surface area contributed by atoms with Crippen LogP contribution >= 0.6 is 0 Å². The van der Waals surface area contributed by atoms with Gasteiger partial charge in [-0.1, -0.05) is 6.42 Å². The van der Waals surface area contributed by atoms with Gasteiger partial charge in [-0.3, -0.25) is 9.59 Å². The molecule has 134 valence electrons. The Kier molecular flexibility index (Phi) is 3.85. The first kappa shape index (κ1) is 16.2. The van der Waals surface area contributed by atoms with E-state index in [1.807, 2.05) is 19.0 Å². The van der Waals surface area contributed by atoms with Crippen LogP contribution in [0.5, 0.6) is 11.5 Å². The van der Waals surface area contributed by atoms with Crippen molar-refractivity contribution >= 4 is 11.8 Å². The number of piperidine rings is 1. The zero-order chi connectivity index (χ0) is 17.6. The highest BCUT2D eigenvalue weighted by atomic mass is 16.7. The van der Waals surface area contributed by atoms with Gasteiger partial charge in [0.2, 0.25) is 12.7 Å². The summed E-state index contributed by atoms with van der Waals surface area (Å²) in [6, 6.07) is 5.57. The van der Waals surface area contributed by atoms with E-state index in [0.717, 1.165) is 25.7 Å². The van der Waals surface area contributed by atoms with Crippen molar-refractivity contribution in [3.63, 3.8) is 0 Å². The first-order valence-corrected chi connectivity index (χ1v) is 8.91. The van der Waals surface area contributed by atoms with E-state index in [9.17, 15) is 9.59 Å². The van der Waals surface area contributed by atoms with Crippen molar-refractivity contribution in [3.05, 3.63) is 23.8 Å². The van der Waals surface area contributed by atoms with Gasteiger partial charge in [0.25, 0.3) is 5.91 Å². The minimum Gasteiger partial charge on any atom is -0.454 e. The third-order valence-electron chi connectivity index (χ3n) is 6.08. The molecule has 2 amide bonds. The average Bonchev–Trinajstić information content (AvgIpc) is 3.24. The number of amides is 2. The summed E-state index contributed by atoms with van der Waals surface area (Å²) in [6.45, 7) is 0.885. The minimum absolute atomic E-state index is 0.0159. The molecule has 0 bridgehead atoms. The molecule has 1 saturated carbocycles. The molecule has 0 aromatic heterocycles. The van der Waals surface area contributed by atoms with Crippen LogP contribution in [0.15, 0.2) is 18.2 Å². The smallest absolute Gasteiger partial charge is 0.253 e. The van der Waals surface area contributed by atoms with Gasteiger partial charge in [0.15, 0.2) is 11.5 Å². The number of hydrogen-bond donors (Lipinski definition) is 0. The number of ether oxygens (including phenoxy) is 2. The van der Waals surface area contributed by atoms with Crippen LogP contribution in [0.4, 0.5) is 0 Å². The number of rotatable bonds is 3. The van der Waals surface area contributed by atoms with Crippen LogP contribution in [0.3, 0.4) is 0 Å². The van der Waals surface area contributed by atoms with E-state index in [1.54, 1.807) is 23.1 Å². The van der Waals surface area contributed by atoms with E-state index in [-0.39, 0.29) is 30.1 Å². The van der Waals surface area contributed by atoms with Gasteiger partial charge in [-0.2, -0.15) is 0 Å². The number of carbonyl (C=O) groups excluding carboxylic acids is 2. The van der Waals surface area contributed by atoms with Gasteiger partial charge < -0.3 is 19.3 Å². The Bertz CT molecular complexity index is 719. The largest absolute Gasteiger partial charge is 0.454 e. The minimum atomic E-state index is -0.0159. The van der Waals surface area contributed by atoms with Crippen molar-refractivity contribution in [2.24, 2.45) is 5.41 Å². The van der Waals surface area contributed by atoms with Crippen molar-refractivity contribution in [1.82, 2.24) is 9.80 Å². The standard InChI is InChI=1S/C19H24N2O4/c1-20(18(23)13-5-6-14-15(10-13)25-12-24-14)11-19-8-3-4-16(19)21(2)17(22)7-9-19/h5-6,10,16H,3-4,7-9,11-12H2,1-2H3/t16-,19+/m1/s1. The zero-order valence-corrected chi connectivity index (χ0v) is 14.8. The summed E-state index contributed by atoms with van der Waals surface area (Å²) >= 11 is 0. The maximum atomic E-state index is 12.9. The Balaban J connectivity index is 1.52. The summed E-state index contributed by atoms with van der Waals surface area (Å²) in [5.41, 5.74) is 0.640. The third-order valence-corrected chi connectivity index (χ3v) is 6.08. The van der Waals surface area contributed by atoms with E-state index >= 15 is 0 Å². The Labute approximate surface area is 147 Å². The van der Waals surface area contributed by atoms with Crippen LogP contribution in [0.2, 0.25) is 0 Å². The van der Waals surface area contributed by atoms with Crippen molar-refractivity contribution in [3.8, 4) is 11.5 Å². The summed E-state index contributed by atoms with van der Waals surface area (Å²) in [4.78, 5) is 28.7. The van der Waals surface area contributed by atoms with E-state index in [4.69, 9.17) is 9.47 Å². The lowest BCUT2D eigenvalue weighted by Gasteiger charge is -2.46. The zero-order valence-electron chi connectivity index (χ0n) is 14.8. The lowest BCUT2D eigenvalue weighted by molar-refractivity contribution is -0.140. The summed E-state index contributed by atoms with van der Waals surface area (Å²) in [5, 5.41) is 0. The van der Waals surface area contributed by atoms with Crippen LogP contribution in [0.25, 0.3) is 0 Å². The van der Waals surface area contributed by atoms with Crippen LogP contribution in [0.1, 0.15) is 42.5 Å². The molecule has 6 nitrogen and oxygen atoms in total. The fourth-order valence-electron chi connectivity index (χ4n) is 4.78. The number of benzene rings is 1. The van der Waals surface area contributed by atoms with Gasteiger partial charge in [-0.05, 0) is 37.5 Å². The highest BCUT2D eigenvalue weighted by Gasteiger charge is 2.49. The van der Waals surface area contributed by atoms with Crippen molar-refractivity contribution in [2.45, 2.75) is 38.1 Å².